The minimum atomic E-state index is 0.295. The van der Waals surface area contributed by atoms with E-state index in [2.05, 4.69) is 95.0 Å². The lowest BCUT2D eigenvalue weighted by Crippen LogP contribution is -2.08. The smallest absolute Gasteiger partial charge is 0.132 e. The van der Waals surface area contributed by atoms with Crippen molar-refractivity contribution in [3.05, 3.63) is 84.0 Å². The van der Waals surface area contributed by atoms with Crippen molar-refractivity contribution in [2.24, 2.45) is 5.92 Å². The van der Waals surface area contributed by atoms with Crippen LogP contribution in [0.2, 0.25) is 0 Å². The lowest BCUT2D eigenvalue weighted by atomic mass is 9.84. The minimum Gasteiger partial charge on any atom is -0.300 e. The molecule has 1 aromatic rings. The fourth-order valence-electron chi connectivity index (χ4n) is 4.14. The lowest BCUT2D eigenvalue weighted by Gasteiger charge is -2.20. The van der Waals surface area contributed by atoms with Crippen molar-refractivity contribution in [3.8, 4) is 0 Å². The van der Waals surface area contributed by atoms with Gasteiger partial charge in [-0.25, -0.2) is 0 Å². The van der Waals surface area contributed by atoms with E-state index in [1.165, 1.54) is 36.0 Å². The molecule has 0 saturated carbocycles. The average Bonchev–Trinajstić information content (AvgIpc) is 2.79. The van der Waals surface area contributed by atoms with E-state index in [-0.39, 0.29) is 0 Å². The summed E-state index contributed by atoms with van der Waals surface area (Å²) in [5.41, 5.74) is 3.92. The Morgan fingerprint density at radius 3 is 2.41 bits per heavy atom. The van der Waals surface area contributed by atoms with Crippen LogP contribution in [-0.2, 0) is 4.79 Å². The number of carbonyl (C=O) groups is 1. The first-order valence-corrected chi connectivity index (χ1v) is 12.7. The highest BCUT2D eigenvalue weighted by molar-refractivity contribution is 5.78. The van der Waals surface area contributed by atoms with Gasteiger partial charge in [0.05, 0.1) is 0 Å². The van der Waals surface area contributed by atoms with E-state index in [0.717, 1.165) is 32.1 Å². The normalized spacial score (nSPS) is 14.2. The fourth-order valence-corrected chi connectivity index (χ4v) is 4.14. The fraction of sp³-hybridized carbons (Fsp3) is 0.516. The topological polar surface area (TPSA) is 17.1 Å². The van der Waals surface area contributed by atoms with Gasteiger partial charge in [-0.05, 0) is 62.5 Å². The molecule has 1 rings (SSSR count). The summed E-state index contributed by atoms with van der Waals surface area (Å²) in [5, 5.41) is 0. The average molecular weight is 435 g/mol. The molecule has 2 unspecified atom stereocenters. The molecular formula is C31H46O. The first-order chi connectivity index (χ1) is 15.5. The van der Waals surface area contributed by atoms with Crippen LogP contribution < -0.4 is 0 Å². The van der Waals surface area contributed by atoms with E-state index in [1.54, 1.807) is 0 Å². The van der Waals surface area contributed by atoms with Crippen LogP contribution in [-0.4, -0.2) is 5.78 Å². The van der Waals surface area contributed by atoms with Crippen molar-refractivity contribution in [1.82, 2.24) is 0 Å². The Labute approximate surface area is 198 Å². The third kappa shape index (κ3) is 12.0. The minimum absolute atomic E-state index is 0.295. The molecule has 0 saturated heterocycles. The second-order valence-corrected chi connectivity index (χ2v) is 9.08. The molecule has 0 bridgehead atoms. The molecule has 2 atom stereocenters. The molecule has 32 heavy (non-hydrogen) atoms. The number of benzene rings is 1. The Kier molecular flexibility index (Phi) is 15.2. The Hall–Kier alpha value is -2.15. The maximum atomic E-state index is 12.7. The van der Waals surface area contributed by atoms with Gasteiger partial charge in [0.25, 0.3) is 0 Å². The highest BCUT2D eigenvalue weighted by Crippen LogP contribution is 2.32. The predicted molar refractivity (Wildman–Crippen MR) is 142 cm³/mol. The van der Waals surface area contributed by atoms with E-state index < -0.39 is 0 Å². The maximum absolute atomic E-state index is 12.7. The zero-order valence-corrected chi connectivity index (χ0v) is 21.1. The summed E-state index contributed by atoms with van der Waals surface area (Å²) >= 11 is 0. The number of rotatable bonds is 17. The summed E-state index contributed by atoms with van der Waals surface area (Å²) in [5.74, 6) is 1.19. The molecule has 1 aromatic carbocycles. The number of hydrogen-bond acceptors (Lipinski definition) is 1. The van der Waals surface area contributed by atoms with Crippen molar-refractivity contribution in [2.45, 2.75) is 97.8 Å². The largest absolute Gasteiger partial charge is 0.300 e. The molecule has 0 heterocycles. The van der Waals surface area contributed by atoms with Crippen LogP contribution in [0, 0.1) is 5.92 Å². The van der Waals surface area contributed by atoms with Crippen LogP contribution in [0.15, 0.2) is 78.4 Å². The number of unbranched alkanes of at least 4 members (excludes halogenated alkanes) is 2. The van der Waals surface area contributed by atoms with Gasteiger partial charge in [0, 0.05) is 18.8 Å². The molecule has 0 fully saturated rings. The molecular weight excluding hydrogens is 388 g/mol. The highest BCUT2D eigenvalue weighted by atomic mass is 16.1. The van der Waals surface area contributed by atoms with Gasteiger partial charge in [-0.1, -0.05) is 106 Å². The molecule has 1 heteroatoms. The molecule has 0 aliphatic carbocycles. The third-order valence-electron chi connectivity index (χ3n) is 6.07. The first-order valence-electron chi connectivity index (χ1n) is 12.7. The quantitative estimate of drug-likeness (QED) is 0.135. The van der Waals surface area contributed by atoms with E-state index in [0.29, 0.717) is 30.5 Å². The van der Waals surface area contributed by atoms with Gasteiger partial charge in [0.15, 0.2) is 0 Å². The SMILES string of the molecule is C=C(CCCCC)C(CCC(=O)CCC(C)CC(/C=C\C)=C\C=C/CC)c1ccccc1. The summed E-state index contributed by atoms with van der Waals surface area (Å²) in [7, 11) is 0. The van der Waals surface area contributed by atoms with Gasteiger partial charge < -0.3 is 0 Å². The third-order valence-corrected chi connectivity index (χ3v) is 6.07. The molecule has 0 aliphatic heterocycles. The van der Waals surface area contributed by atoms with Crippen LogP contribution >= 0.6 is 0 Å². The second-order valence-electron chi connectivity index (χ2n) is 9.08. The van der Waals surface area contributed by atoms with Gasteiger partial charge in [0.1, 0.15) is 5.78 Å². The molecule has 1 nitrogen and oxygen atoms in total. The Bertz CT molecular complexity index is 735. The number of ketones is 1. The molecule has 0 aliphatic rings. The highest BCUT2D eigenvalue weighted by Gasteiger charge is 2.17. The van der Waals surface area contributed by atoms with Crippen LogP contribution in [0.25, 0.3) is 0 Å². The van der Waals surface area contributed by atoms with Gasteiger partial charge in [-0.2, -0.15) is 0 Å². The lowest BCUT2D eigenvalue weighted by molar-refractivity contribution is -0.119. The van der Waals surface area contributed by atoms with Crippen LogP contribution in [0.5, 0.6) is 0 Å². The standard InChI is InChI=1S/C31H46O/c1-6-9-12-17-27(5)31(29-19-14-11-15-20-29)24-23-30(32)22-21-26(4)25-28(16-8-3)18-13-10-7-2/h8,10-11,13-16,18-20,26,31H,5-7,9,12,17,21-25H2,1-4H3/b13-10-,16-8-,28-18-. The van der Waals surface area contributed by atoms with Gasteiger partial charge in [-0.15, -0.1) is 0 Å². The van der Waals surface area contributed by atoms with E-state index in [4.69, 9.17) is 0 Å². The Morgan fingerprint density at radius 1 is 1.03 bits per heavy atom. The summed E-state index contributed by atoms with van der Waals surface area (Å²) in [6, 6.07) is 10.6. The van der Waals surface area contributed by atoms with E-state index in [9.17, 15) is 4.79 Å². The van der Waals surface area contributed by atoms with Gasteiger partial charge in [-0.3, -0.25) is 4.79 Å². The molecule has 0 radical (unpaired) electrons. The van der Waals surface area contributed by atoms with Crippen molar-refractivity contribution in [1.29, 1.82) is 0 Å². The Balaban J connectivity index is 2.58. The zero-order chi connectivity index (χ0) is 23.6. The summed E-state index contributed by atoms with van der Waals surface area (Å²) in [4.78, 5) is 12.7. The number of allylic oxidation sites excluding steroid dienone is 7. The van der Waals surface area contributed by atoms with E-state index >= 15 is 0 Å². The van der Waals surface area contributed by atoms with Crippen LogP contribution in [0.4, 0.5) is 0 Å². The van der Waals surface area contributed by atoms with Crippen molar-refractivity contribution < 1.29 is 4.79 Å². The molecule has 0 spiro atoms. The predicted octanol–water partition coefficient (Wildman–Crippen LogP) is 9.53. The van der Waals surface area contributed by atoms with Crippen molar-refractivity contribution >= 4 is 5.78 Å². The van der Waals surface area contributed by atoms with Gasteiger partial charge in [0.2, 0.25) is 0 Å². The molecule has 0 amide bonds. The zero-order valence-electron chi connectivity index (χ0n) is 21.1. The second kappa shape index (κ2) is 17.4. The molecule has 0 aromatic heterocycles. The van der Waals surface area contributed by atoms with Crippen LogP contribution in [0.3, 0.4) is 0 Å². The summed E-state index contributed by atoms with van der Waals surface area (Å²) < 4.78 is 0. The number of Topliss-reactive ketones (excluding diaryl/α,β-unsaturated/α-hetero) is 1. The number of carbonyl (C=O) groups excluding carboxylic acids is 1. The summed E-state index contributed by atoms with van der Waals surface area (Å²) in [6.45, 7) is 13.1. The Morgan fingerprint density at radius 2 is 1.75 bits per heavy atom. The number of hydrogen-bond donors (Lipinski definition) is 0. The summed E-state index contributed by atoms with van der Waals surface area (Å²) in [6.07, 6.45) is 20.8. The van der Waals surface area contributed by atoms with Gasteiger partial charge >= 0.3 is 0 Å². The molecule has 176 valence electrons. The monoisotopic (exact) mass is 434 g/mol. The maximum Gasteiger partial charge on any atom is 0.132 e. The van der Waals surface area contributed by atoms with Crippen molar-refractivity contribution in [2.75, 3.05) is 0 Å². The first kappa shape index (κ1) is 27.9. The molecule has 0 N–H and O–H groups in total. The van der Waals surface area contributed by atoms with E-state index in [1.807, 2.05) is 0 Å². The van der Waals surface area contributed by atoms with Crippen molar-refractivity contribution in [3.63, 3.8) is 0 Å². The van der Waals surface area contributed by atoms with Crippen LogP contribution in [0.1, 0.15) is 103 Å².